The molecule has 0 heterocycles. The Balaban J connectivity index is 2.46. The zero-order valence-electron chi connectivity index (χ0n) is 15.4. The standard InChI is InChI=1S/C23H29N/c1-7-10-23(24-18(5)8-2)22-12-9-11-21(19(22)6)20-14-13-16(3)17(4)15-20/h7,9,11-15,23-24H,1,5,8,10H2,2-4,6H3. The van der Waals surface area contributed by atoms with Crippen LogP contribution in [0.25, 0.3) is 11.1 Å². The van der Waals surface area contributed by atoms with Crippen LogP contribution < -0.4 is 5.32 Å². The highest BCUT2D eigenvalue weighted by Crippen LogP contribution is 2.31. The molecule has 2 aromatic rings. The fraction of sp³-hybridized carbons (Fsp3) is 0.304. The molecule has 0 amide bonds. The average Bonchev–Trinajstić information content (AvgIpc) is 2.57. The van der Waals surface area contributed by atoms with Gasteiger partial charge in [0.25, 0.3) is 0 Å². The third-order valence-electron chi connectivity index (χ3n) is 4.78. The molecular weight excluding hydrogens is 290 g/mol. The Kier molecular flexibility index (Phi) is 6.03. The van der Waals surface area contributed by atoms with E-state index < -0.39 is 0 Å². The van der Waals surface area contributed by atoms with Crippen LogP contribution in [-0.4, -0.2) is 0 Å². The summed E-state index contributed by atoms with van der Waals surface area (Å²) in [7, 11) is 0. The van der Waals surface area contributed by atoms with Crippen molar-refractivity contribution < 1.29 is 0 Å². The van der Waals surface area contributed by atoms with E-state index in [1.807, 2.05) is 6.08 Å². The minimum absolute atomic E-state index is 0.224. The Morgan fingerprint density at radius 2 is 1.88 bits per heavy atom. The first-order chi connectivity index (χ1) is 11.5. The molecular formula is C23H29N. The van der Waals surface area contributed by atoms with Crippen LogP contribution in [0.1, 0.15) is 48.1 Å². The maximum Gasteiger partial charge on any atom is 0.0547 e. The van der Waals surface area contributed by atoms with E-state index in [0.29, 0.717) is 0 Å². The first-order valence-electron chi connectivity index (χ1n) is 8.70. The van der Waals surface area contributed by atoms with Gasteiger partial charge in [-0.1, -0.05) is 56.0 Å². The lowest BCUT2D eigenvalue weighted by Gasteiger charge is -2.23. The van der Waals surface area contributed by atoms with Crippen LogP contribution in [0, 0.1) is 20.8 Å². The molecule has 0 saturated heterocycles. The fourth-order valence-corrected chi connectivity index (χ4v) is 3.03. The number of nitrogens with one attached hydrogen (secondary N) is 1. The van der Waals surface area contributed by atoms with Crippen molar-refractivity contribution >= 4 is 0 Å². The highest BCUT2D eigenvalue weighted by Gasteiger charge is 2.15. The number of benzene rings is 2. The minimum atomic E-state index is 0.224. The second-order valence-electron chi connectivity index (χ2n) is 6.50. The lowest BCUT2D eigenvalue weighted by molar-refractivity contribution is 0.592. The molecule has 24 heavy (non-hydrogen) atoms. The molecule has 2 aromatic carbocycles. The van der Waals surface area contributed by atoms with Gasteiger partial charge in [0.1, 0.15) is 0 Å². The second-order valence-corrected chi connectivity index (χ2v) is 6.50. The van der Waals surface area contributed by atoms with Gasteiger partial charge in [0.2, 0.25) is 0 Å². The van der Waals surface area contributed by atoms with Crippen LogP contribution >= 0.6 is 0 Å². The van der Waals surface area contributed by atoms with E-state index in [1.54, 1.807) is 0 Å². The van der Waals surface area contributed by atoms with E-state index in [4.69, 9.17) is 0 Å². The normalized spacial score (nSPS) is 11.8. The molecule has 1 nitrogen and oxygen atoms in total. The van der Waals surface area contributed by atoms with Crippen molar-refractivity contribution in [2.75, 3.05) is 0 Å². The van der Waals surface area contributed by atoms with Gasteiger partial charge in [0, 0.05) is 5.70 Å². The molecule has 1 atom stereocenters. The van der Waals surface area contributed by atoms with Gasteiger partial charge in [-0.05, 0) is 67.0 Å². The van der Waals surface area contributed by atoms with E-state index in [-0.39, 0.29) is 6.04 Å². The third-order valence-corrected chi connectivity index (χ3v) is 4.78. The van der Waals surface area contributed by atoms with Crippen LogP contribution in [-0.2, 0) is 0 Å². The second kappa shape index (κ2) is 8.01. The highest BCUT2D eigenvalue weighted by molar-refractivity contribution is 5.69. The maximum atomic E-state index is 4.11. The molecule has 1 heteroatoms. The maximum absolute atomic E-state index is 4.11. The quantitative estimate of drug-likeness (QED) is 0.581. The lowest BCUT2D eigenvalue weighted by Crippen LogP contribution is -2.20. The first kappa shape index (κ1) is 18.1. The third kappa shape index (κ3) is 3.97. The Morgan fingerprint density at radius 3 is 2.50 bits per heavy atom. The van der Waals surface area contributed by atoms with Crippen molar-refractivity contribution in [3.63, 3.8) is 0 Å². The molecule has 0 aliphatic carbocycles. The molecule has 0 aliphatic heterocycles. The number of allylic oxidation sites excluding steroid dienone is 1. The van der Waals surface area contributed by atoms with E-state index in [2.05, 4.69) is 82.6 Å². The molecule has 2 rings (SSSR count). The summed E-state index contributed by atoms with van der Waals surface area (Å²) in [6.45, 7) is 16.7. The number of hydrogen-bond acceptors (Lipinski definition) is 1. The largest absolute Gasteiger partial charge is 0.382 e. The van der Waals surface area contributed by atoms with Crippen molar-refractivity contribution in [3.8, 4) is 11.1 Å². The van der Waals surface area contributed by atoms with Crippen LogP contribution in [0.2, 0.25) is 0 Å². The van der Waals surface area contributed by atoms with Crippen LogP contribution in [0.15, 0.2) is 61.3 Å². The highest BCUT2D eigenvalue weighted by atomic mass is 14.9. The van der Waals surface area contributed by atoms with Gasteiger partial charge >= 0.3 is 0 Å². The topological polar surface area (TPSA) is 12.0 Å². The Labute approximate surface area is 147 Å². The van der Waals surface area contributed by atoms with Crippen molar-refractivity contribution in [2.45, 2.75) is 46.6 Å². The lowest BCUT2D eigenvalue weighted by atomic mass is 9.90. The summed E-state index contributed by atoms with van der Waals surface area (Å²) < 4.78 is 0. The predicted octanol–water partition coefficient (Wildman–Crippen LogP) is 6.41. The molecule has 0 fully saturated rings. The summed E-state index contributed by atoms with van der Waals surface area (Å²) in [4.78, 5) is 0. The molecule has 0 aliphatic rings. The van der Waals surface area contributed by atoms with E-state index >= 15 is 0 Å². The van der Waals surface area contributed by atoms with Crippen molar-refractivity contribution in [3.05, 3.63) is 83.6 Å². The van der Waals surface area contributed by atoms with Crippen molar-refractivity contribution in [2.24, 2.45) is 0 Å². The van der Waals surface area contributed by atoms with Gasteiger partial charge in [-0.25, -0.2) is 0 Å². The summed E-state index contributed by atoms with van der Waals surface area (Å²) in [5, 5.41) is 3.56. The van der Waals surface area contributed by atoms with Gasteiger partial charge in [-0.15, -0.1) is 6.58 Å². The summed E-state index contributed by atoms with van der Waals surface area (Å²) >= 11 is 0. The first-order valence-corrected chi connectivity index (χ1v) is 8.70. The Morgan fingerprint density at radius 1 is 1.12 bits per heavy atom. The van der Waals surface area contributed by atoms with Gasteiger partial charge in [0.15, 0.2) is 0 Å². The molecule has 0 aromatic heterocycles. The van der Waals surface area contributed by atoms with Crippen LogP contribution in [0.3, 0.4) is 0 Å². The fourth-order valence-electron chi connectivity index (χ4n) is 3.03. The molecule has 0 bridgehead atoms. The van der Waals surface area contributed by atoms with Gasteiger partial charge < -0.3 is 5.32 Å². The zero-order chi connectivity index (χ0) is 17.7. The van der Waals surface area contributed by atoms with Crippen molar-refractivity contribution in [1.29, 1.82) is 0 Å². The van der Waals surface area contributed by atoms with E-state index in [1.165, 1.54) is 33.4 Å². The molecule has 0 radical (unpaired) electrons. The minimum Gasteiger partial charge on any atom is -0.382 e. The van der Waals surface area contributed by atoms with Crippen LogP contribution in [0.4, 0.5) is 0 Å². The Hall–Kier alpha value is -2.28. The van der Waals surface area contributed by atoms with Gasteiger partial charge in [-0.3, -0.25) is 0 Å². The van der Waals surface area contributed by atoms with E-state index in [0.717, 1.165) is 18.5 Å². The number of rotatable bonds is 7. The zero-order valence-corrected chi connectivity index (χ0v) is 15.4. The predicted molar refractivity (Wildman–Crippen MR) is 106 cm³/mol. The molecule has 0 spiro atoms. The van der Waals surface area contributed by atoms with Gasteiger partial charge in [0.05, 0.1) is 6.04 Å². The summed E-state index contributed by atoms with van der Waals surface area (Å²) in [5.74, 6) is 0. The average molecular weight is 319 g/mol. The molecule has 0 saturated carbocycles. The SMILES string of the molecule is C=CCC(NC(=C)CC)c1cccc(-c2ccc(C)c(C)c2)c1C. The molecule has 1 unspecified atom stereocenters. The summed E-state index contributed by atoms with van der Waals surface area (Å²) in [6, 6.07) is 13.5. The van der Waals surface area contributed by atoms with Crippen LogP contribution in [0.5, 0.6) is 0 Å². The van der Waals surface area contributed by atoms with E-state index in [9.17, 15) is 0 Å². The monoisotopic (exact) mass is 319 g/mol. The molecule has 126 valence electrons. The smallest absolute Gasteiger partial charge is 0.0547 e. The number of aryl methyl sites for hydroxylation is 2. The Bertz CT molecular complexity index is 740. The van der Waals surface area contributed by atoms with Gasteiger partial charge in [-0.2, -0.15) is 0 Å². The van der Waals surface area contributed by atoms with Crippen molar-refractivity contribution in [1.82, 2.24) is 5.32 Å². The summed E-state index contributed by atoms with van der Waals surface area (Å²) in [5.41, 5.74) is 8.95. The number of hydrogen-bond donors (Lipinski definition) is 1. The molecule has 1 N–H and O–H groups in total. The summed E-state index contributed by atoms with van der Waals surface area (Å²) in [6.07, 6.45) is 3.79.